The molecule has 1 N–H and O–H groups in total. The molecule has 0 saturated carbocycles. The standard InChI is InChI=1S/C16H15FO3/c1-3-20-16(19)13-7-6-11(8-14(13)17)12-5-4-10(2)15(18)9-12/h4-9,18H,3H2,1-2H3. The first kappa shape index (κ1) is 14.1. The third-order valence-corrected chi connectivity index (χ3v) is 3.01. The van der Waals surface area contributed by atoms with Gasteiger partial charge in [-0.2, -0.15) is 0 Å². The molecule has 0 radical (unpaired) electrons. The second-order valence-corrected chi connectivity index (χ2v) is 4.42. The molecule has 0 spiro atoms. The Morgan fingerprint density at radius 2 is 1.85 bits per heavy atom. The lowest BCUT2D eigenvalue weighted by molar-refractivity contribution is 0.0521. The zero-order valence-electron chi connectivity index (χ0n) is 11.3. The Hall–Kier alpha value is -2.36. The lowest BCUT2D eigenvalue weighted by Crippen LogP contribution is -2.07. The van der Waals surface area contributed by atoms with Gasteiger partial charge < -0.3 is 9.84 Å². The maximum Gasteiger partial charge on any atom is 0.341 e. The van der Waals surface area contributed by atoms with E-state index in [2.05, 4.69) is 0 Å². The van der Waals surface area contributed by atoms with Gasteiger partial charge in [0.1, 0.15) is 11.6 Å². The molecular weight excluding hydrogens is 259 g/mol. The first-order valence-electron chi connectivity index (χ1n) is 6.29. The summed E-state index contributed by atoms with van der Waals surface area (Å²) in [5.74, 6) is -1.17. The Morgan fingerprint density at radius 3 is 2.45 bits per heavy atom. The number of hydrogen-bond donors (Lipinski definition) is 1. The molecule has 0 unspecified atom stereocenters. The zero-order chi connectivity index (χ0) is 14.7. The van der Waals surface area contributed by atoms with E-state index < -0.39 is 11.8 Å². The lowest BCUT2D eigenvalue weighted by atomic mass is 10.0. The molecule has 2 rings (SSSR count). The van der Waals surface area contributed by atoms with Crippen molar-refractivity contribution in [2.45, 2.75) is 13.8 Å². The molecule has 20 heavy (non-hydrogen) atoms. The van der Waals surface area contributed by atoms with Crippen molar-refractivity contribution in [1.82, 2.24) is 0 Å². The lowest BCUT2D eigenvalue weighted by Gasteiger charge is -2.07. The fourth-order valence-corrected chi connectivity index (χ4v) is 1.86. The molecule has 104 valence electrons. The number of esters is 1. The minimum absolute atomic E-state index is 0.0908. The van der Waals surface area contributed by atoms with Crippen LogP contribution in [0.1, 0.15) is 22.8 Å². The number of aromatic hydroxyl groups is 1. The number of hydrogen-bond acceptors (Lipinski definition) is 3. The van der Waals surface area contributed by atoms with Crippen LogP contribution in [-0.4, -0.2) is 17.7 Å². The van der Waals surface area contributed by atoms with Gasteiger partial charge in [-0.15, -0.1) is 0 Å². The summed E-state index contributed by atoms with van der Waals surface area (Å²) in [5, 5.41) is 9.68. The van der Waals surface area contributed by atoms with Crippen molar-refractivity contribution < 1.29 is 19.0 Å². The predicted molar refractivity (Wildman–Crippen MR) is 74.2 cm³/mol. The molecular formula is C16H15FO3. The molecule has 0 aliphatic carbocycles. The number of rotatable bonds is 3. The molecule has 0 bridgehead atoms. The van der Waals surface area contributed by atoms with Crippen molar-refractivity contribution in [1.29, 1.82) is 0 Å². The Labute approximate surface area is 116 Å². The van der Waals surface area contributed by atoms with Crippen LogP contribution in [-0.2, 0) is 4.74 Å². The van der Waals surface area contributed by atoms with Gasteiger partial charge in [-0.1, -0.05) is 18.2 Å². The molecule has 4 heteroatoms. The fraction of sp³-hybridized carbons (Fsp3) is 0.188. The number of carbonyl (C=O) groups is 1. The molecule has 0 amide bonds. The Balaban J connectivity index is 2.37. The monoisotopic (exact) mass is 274 g/mol. The molecule has 2 aromatic rings. The highest BCUT2D eigenvalue weighted by atomic mass is 19.1. The summed E-state index contributed by atoms with van der Waals surface area (Å²) < 4.78 is 18.7. The van der Waals surface area contributed by atoms with Crippen LogP contribution in [0.3, 0.4) is 0 Å². The second kappa shape index (κ2) is 5.74. The highest BCUT2D eigenvalue weighted by Gasteiger charge is 2.13. The Morgan fingerprint density at radius 1 is 1.20 bits per heavy atom. The third-order valence-electron chi connectivity index (χ3n) is 3.01. The maximum absolute atomic E-state index is 13.9. The van der Waals surface area contributed by atoms with Gasteiger partial charge >= 0.3 is 5.97 Å². The summed E-state index contributed by atoms with van der Waals surface area (Å²) in [7, 11) is 0. The molecule has 0 aliphatic heterocycles. The van der Waals surface area contributed by atoms with Gasteiger partial charge in [0.05, 0.1) is 12.2 Å². The smallest absolute Gasteiger partial charge is 0.341 e. The summed E-state index contributed by atoms with van der Waals surface area (Å²) in [5.41, 5.74) is 1.93. The van der Waals surface area contributed by atoms with Crippen molar-refractivity contribution in [3.8, 4) is 16.9 Å². The van der Waals surface area contributed by atoms with Gasteiger partial charge in [0.25, 0.3) is 0 Å². The van der Waals surface area contributed by atoms with Gasteiger partial charge in [0, 0.05) is 0 Å². The van der Waals surface area contributed by atoms with Gasteiger partial charge in [0.15, 0.2) is 0 Å². The minimum atomic E-state index is -0.677. The average Bonchev–Trinajstić information content (AvgIpc) is 2.42. The third kappa shape index (κ3) is 2.79. The maximum atomic E-state index is 13.9. The summed E-state index contributed by atoms with van der Waals surface area (Å²) in [4.78, 5) is 11.5. The first-order valence-corrected chi connectivity index (χ1v) is 6.29. The summed E-state index contributed by atoms with van der Waals surface area (Å²) in [6.07, 6.45) is 0. The quantitative estimate of drug-likeness (QED) is 0.868. The highest BCUT2D eigenvalue weighted by Crippen LogP contribution is 2.27. The number of benzene rings is 2. The van der Waals surface area contributed by atoms with Gasteiger partial charge in [-0.05, 0) is 48.7 Å². The average molecular weight is 274 g/mol. The van der Waals surface area contributed by atoms with Gasteiger partial charge in [0.2, 0.25) is 0 Å². The van der Waals surface area contributed by atoms with E-state index in [4.69, 9.17) is 4.74 Å². The van der Waals surface area contributed by atoms with Crippen molar-refractivity contribution in [2.24, 2.45) is 0 Å². The molecule has 2 aromatic carbocycles. The largest absolute Gasteiger partial charge is 0.508 e. The van der Waals surface area contributed by atoms with Crippen molar-refractivity contribution in [3.63, 3.8) is 0 Å². The molecule has 3 nitrogen and oxygen atoms in total. The van der Waals surface area contributed by atoms with Crippen LogP contribution in [0, 0.1) is 12.7 Å². The van der Waals surface area contributed by atoms with E-state index in [9.17, 15) is 14.3 Å². The topological polar surface area (TPSA) is 46.5 Å². The van der Waals surface area contributed by atoms with E-state index >= 15 is 0 Å². The van der Waals surface area contributed by atoms with E-state index in [0.29, 0.717) is 11.1 Å². The zero-order valence-corrected chi connectivity index (χ0v) is 11.3. The number of phenols is 1. The van der Waals surface area contributed by atoms with Crippen molar-refractivity contribution >= 4 is 5.97 Å². The Kier molecular flexibility index (Phi) is 4.03. The predicted octanol–water partition coefficient (Wildman–Crippen LogP) is 3.68. The summed E-state index contributed by atoms with van der Waals surface area (Å²) >= 11 is 0. The van der Waals surface area contributed by atoms with Crippen LogP contribution >= 0.6 is 0 Å². The molecule has 0 fully saturated rings. The van der Waals surface area contributed by atoms with Crippen LogP contribution in [0.4, 0.5) is 4.39 Å². The van der Waals surface area contributed by atoms with Crippen molar-refractivity contribution in [3.05, 3.63) is 53.3 Å². The van der Waals surface area contributed by atoms with Crippen LogP contribution in [0.15, 0.2) is 36.4 Å². The highest BCUT2D eigenvalue weighted by molar-refractivity contribution is 5.90. The van der Waals surface area contributed by atoms with E-state index in [1.807, 2.05) is 0 Å². The van der Waals surface area contributed by atoms with E-state index in [1.54, 1.807) is 38.1 Å². The Bertz CT molecular complexity index is 650. The number of carbonyl (C=O) groups excluding carboxylic acids is 1. The van der Waals surface area contributed by atoms with Crippen LogP contribution in [0.25, 0.3) is 11.1 Å². The number of aryl methyl sites for hydroxylation is 1. The van der Waals surface area contributed by atoms with Crippen LogP contribution in [0.2, 0.25) is 0 Å². The van der Waals surface area contributed by atoms with Gasteiger partial charge in [-0.25, -0.2) is 9.18 Å². The first-order chi connectivity index (χ1) is 9.52. The SMILES string of the molecule is CCOC(=O)c1ccc(-c2ccc(C)c(O)c2)cc1F. The minimum Gasteiger partial charge on any atom is -0.508 e. The molecule has 0 aliphatic rings. The second-order valence-electron chi connectivity index (χ2n) is 4.42. The number of halogens is 1. The summed E-state index contributed by atoms with van der Waals surface area (Å²) in [6.45, 7) is 3.65. The van der Waals surface area contributed by atoms with E-state index in [1.165, 1.54) is 12.1 Å². The molecule has 0 aromatic heterocycles. The molecule has 0 heterocycles. The van der Waals surface area contributed by atoms with Crippen molar-refractivity contribution in [2.75, 3.05) is 6.61 Å². The van der Waals surface area contributed by atoms with E-state index in [0.717, 1.165) is 5.56 Å². The van der Waals surface area contributed by atoms with E-state index in [-0.39, 0.29) is 17.9 Å². The summed E-state index contributed by atoms with van der Waals surface area (Å²) in [6, 6.07) is 9.37. The van der Waals surface area contributed by atoms with Gasteiger partial charge in [-0.3, -0.25) is 0 Å². The normalized spacial score (nSPS) is 10.3. The molecule has 0 atom stereocenters. The number of phenolic OH excluding ortho intramolecular Hbond substituents is 1. The number of ether oxygens (including phenoxy) is 1. The molecule has 0 saturated heterocycles. The van der Waals surface area contributed by atoms with Crippen LogP contribution < -0.4 is 0 Å². The fourth-order valence-electron chi connectivity index (χ4n) is 1.86. The van der Waals surface area contributed by atoms with Crippen LogP contribution in [0.5, 0.6) is 5.75 Å².